The summed E-state index contributed by atoms with van der Waals surface area (Å²) in [5, 5.41) is -0.137. The smallest absolute Gasteiger partial charge is 0.221 e. The van der Waals surface area contributed by atoms with E-state index in [1.807, 2.05) is 0 Å². The first-order valence-corrected chi connectivity index (χ1v) is 9.73. The summed E-state index contributed by atoms with van der Waals surface area (Å²) >= 11 is 5.51. The second kappa shape index (κ2) is 9.18. The molecule has 0 aromatic rings. The zero-order chi connectivity index (χ0) is 15.1. The molecule has 0 unspecified atom stereocenters. The first kappa shape index (κ1) is 17.3. The minimum Gasteiger partial charge on any atom is -0.281 e. The van der Waals surface area contributed by atoms with Crippen LogP contribution >= 0.6 is 11.6 Å². The molecule has 21 heavy (non-hydrogen) atoms. The molecule has 0 radical (unpaired) electrons. The van der Waals surface area contributed by atoms with Crippen LogP contribution in [0.2, 0.25) is 0 Å². The molecule has 2 saturated carbocycles. The van der Waals surface area contributed by atoms with E-state index >= 15 is 0 Å². The molecule has 0 heterocycles. The highest BCUT2D eigenvalue weighted by Crippen LogP contribution is 2.38. The van der Waals surface area contributed by atoms with Gasteiger partial charge >= 0.3 is 0 Å². The van der Waals surface area contributed by atoms with Crippen molar-refractivity contribution < 1.29 is 4.79 Å². The lowest BCUT2D eigenvalue weighted by Crippen LogP contribution is -2.18. The average Bonchev–Trinajstić information content (AvgIpc) is 2.48. The maximum absolute atomic E-state index is 11.0. The van der Waals surface area contributed by atoms with Crippen molar-refractivity contribution in [3.05, 3.63) is 0 Å². The standard InChI is InChI=1S/C19H33ClO/c1-2-3-15-4-6-16(7-5-15)8-9-17-10-12-18(13-11-17)14-19(20)21/h15-18H,2-14H2,1H3/t15-,16-,17-,18-. The summed E-state index contributed by atoms with van der Waals surface area (Å²) in [5.41, 5.74) is 0. The number of hydrogen-bond donors (Lipinski definition) is 0. The molecule has 0 atom stereocenters. The Bertz CT molecular complexity index is 299. The zero-order valence-corrected chi connectivity index (χ0v) is 14.5. The van der Waals surface area contributed by atoms with Gasteiger partial charge in [0.1, 0.15) is 0 Å². The van der Waals surface area contributed by atoms with Crippen LogP contribution < -0.4 is 0 Å². The Hall–Kier alpha value is -0.0400. The van der Waals surface area contributed by atoms with E-state index in [2.05, 4.69) is 6.92 Å². The summed E-state index contributed by atoms with van der Waals surface area (Å²) in [6, 6.07) is 0. The first-order chi connectivity index (χ1) is 10.2. The van der Waals surface area contributed by atoms with Crippen LogP contribution in [-0.4, -0.2) is 5.24 Å². The van der Waals surface area contributed by atoms with Gasteiger partial charge in [0.2, 0.25) is 5.24 Å². The average molecular weight is 313 g/mol. The van der Waals surface area contributed by atoms with Gasteiger partial charge in [-0.25, -0.2) is 0 Å². The molecule has 2 heteroatoms. The van der Waals surface area contributed by atoms with E-state index in [9.17, 15) is 4.79 Å². The van der Waals surface area contributed by atoms with Crippen molar-refractivity contribution in [1.82, 2.24) is 0 Å². The molecule has 2 fully saturated rings. The normalized spacial score (nSPS) is 33.8. The van der Waals surface area contributed by atoms with Crippen molar-refractivity contribution in [1.29, 1.82) is 0 Å². The van der Waals surface area contributed by atoms with E-state index in [1.54, 1.807) is 0 Å². The van der Waals surface area contributed by atoms with Gasteiger partial charge in [-0.1, -0.05) is 71.1 Å². The fraction of sp³-hybridized carbons (Fsp3) is 0.947. The van der Waals surface area contributed by atoms with Gasteiger partial charge < -0.3 is 0 Å². The van der Waals surface area contributed by atoms with Gasteiger partial charge in [0.05, 0.1) is 0 Å². The minimum absolute atomic E-state index is 0.137. The number of hydrogen-bond acceptors (Lipinski definition) is 1. The van der Waals surface area contributed by atoms with E-state index in [0.29, 0.717) is 12.3 Å². The van der Waals surface area contributed by atoms with Crippen molar-refractivity contribution in [2.75, 3.05) is 0 Å². The second-order valence-corrected chi connectivity index (χ2v) is 8.12. The fourth-order valence-electron chi connectivity index (χ4n) is 4.64. The molecule has 2 aliphatic rings. The van der Waals surface area contributed by atoms with Crippen molar-refractivity contribution in [2.45, 2.75) is 90.4 Å². The number of rotatable bonds is 7. The van der Waals surface area contributed by atoms with Gasteiger partial charge in [-0.2, -0.15) is 0 Å². The third-order valence-electron chi connectivity index (χ3n) is 6.06. The molecule has 0 aromatic carbocycles. The van der Waals surface area contributed by atoms with Gasteiger partial charge in [0.15, 0.2) is 0 Å². The molecule has 0 aliphatic heterocycles. The van der Waals surface area contributed by atoms with Gasteiger partial charge in [-0.05, 0) is 48.1 Å². The Morgan fingerprint density at radius 2 is 1.14 bits per heavy atom. The summed E-state index contributed by atoms with van der Waals surface area (Å²) in [6.45, 7) is 2.32. The van der Waals surface area contributed by atoms with Crippen LogP contribution in [0.5, 0.6) is 0 Å². The predicted octanol–water partition coefficient (Wildman–Crippen LogP) is 6.34. The molecule has 122 valence electrons. The summed E-state index contributed by atoms with van der Waals surface area (Å²) in [4.78, 5) is 11.0. The van der Waals surface area contributed by atoms with Gasteiger partial charge in [-0.3, -0.25) is 4.79 Å². The van der Waals surface area contributed by atoms with Crippen molar-refractivity contribution in [3.8, 4) is 0 Å². The molecule has 0 bridgehead atoms. The van der Waals surface area contributed by atoms with E-state index < -0.39 is 0 Å². The highest BCUT2D eigenvalue weighted by molar-refractivity contribution is 6.63. The summed E-state index contributed by atoms with van der Waals surface area (Å²) in [6.07, 6.45) is 17.4. The summed E-state index contributed by atoms with van der Waals surface area (Å²) in [5.74, 6) is 3.56. The molecule has 1 nitrogen and oxygen atoms in total. The molecule has 0 spiro atoms. The molecule has 0 saturated heterocycles. The SMILES string of the molecule is CCC[C@H]1CC[C@H](CC[C@H]2CC[C@H](CC(=O)Cl)CC2)CC1. The largest absolute Gasteiger partial charge is 0.281 e. The lowest BCUT2D eigenvalue weighted by atomic mass is 9.74. The van der Waals surface area contributed by atoms with Crippen molar-refractivity contribution in [2.24, 2.45) is 23.7 Å². The van der Waals surface area contributed by atoms with Crippen molar-refractivity contribution in [3.63, 3.8) is 0 Å². The molecular formula is C19H33ClO. The van der Waals surface area contributed by atoms with Gasteiger partial charge in [-0.15, -0.1) is 0 Å². The van der Waals surface area contributed by atoms with Crippen LogP contribution in [0.1, 0.15) is 90.4 Å². The lowest BCUT2D eigenvalue weighted by molar-refractivity contribution is -0.112. The Kier molecular flexibility index (Phi) is 7.57. The first-order valence-electron chi connectivity index (χ1n) is 9.35. The number of carbonyl (C=O) groups is 1. The zero-order valence-electron chi connectivity index (χ0n) is 13.8. The van der Waals surface area contributed by atoms with Crippen LogP contribution in [0, 0.1) is 23.7 Å². The molecule has 2 aliphatic carbocycles. The van der Waals surface area contributed by atoms with E-state index in [0.717, 1.165) is 17.8 Å². The molecule has 2 rings (SSSR count). The molecule has 0 amide bonds. The maximum Gasteiger partial charge on any atom is 0.221 e. The Morgan fingerprint density at radius 1 is 0.762 bits per heavy atom. The fourth-order valence-corrected chi connectivity index (χ4v) is 4.86. The van der Waals surface area contributed by atoms with Crippen LogP contribution in [0.15, 0.2) is 0 Å². The van der Waals surface area contributed by atoms with Gasteiger partial charge in [0.25, 0.3) is 0 Å². The highest BCUT2D eigenvalue weighted by atomic mass is 35.5. The van der Waals surface area contributed by atoms with Crippen LogP contribution in [0.4, 0.5) is 0 Å². The summed E-state index contributed by atoms with van der Waals surface area (Å²) in [7, 11) is 0. The topological polar surface area (TPSA) is 17.1 Å². The minimum atomic E-state index is -0.137. The molecule has 0 aromatic heterocycles. The van der Waals surface area contributed by atoms with Crippen LogP contribution in [0.3, 0.4) is 0 Å². The van der Waals surface area contributed by atoms with E-state index in [1.165, 1.54) is 77.0 Å². The highest BCUT2D eigenvalue weighted by Gasteiger charge is 2.25. The second-order valence-electron chi connectivity index (χ2n) is 7.70. The molecule has 0 N–H and O–H groups in total. The Balaban J connectivity index is 1.57. The van der Waals surface area contributed by atoms with E-state index in [-0.39, 0.29) is 5.24 Å². The lowest BCUT2D eigenvalue weighted by Gasteiger charge is -2.31. The third-order valence-corrected chi connectivity index (χ3v) is 6.22. The number of carbonyl (C=O) groups excluding carboxylic acids is 1. The van der Waals surface area contributed by atoms with Crippen LogP contribution in [-0.2, 0) is 4.79 Å². The molecular weight excluding hydrogens is 280 g/mol. The third kappa shape index (κ3) is 6.30. The van der Waals surface area contributed by atoms with E-state index in [4.69, 9.17) is 11.6 Å². The number of halogens is 1. The van der Waals surface area contributed by atoms with Crippen LogP contribution in [0.25, 0.3) is 0 Å². The monoisotopic (exact) mass is 312 g/mol. The van der Waals surface area contributed by atoms with Crippen molar-refractivity contribution >= 4 is 16.8 Å². The Labute approximate surface area is 136 Å². The van der Waals surface area contributed by atoms with Gasteiger partial charge in [0, 0.05) is 6.42 Å². The maximum atomic E-state index is 11.0. The predicted molar refractivity (Wildman–Crippen MR) is 90.5 cm³/mol. The summed E-state index contributed by atoms with van der Waals surface area (Å²) < 4.78 is 0. The quantitative estimate of drug-likeness (QED) is 0.502. The Morgan fingerprint density at radius 3 is 1.52 bits per heavy atom.